The Morgan fingerprint density at radius 3 is 2.36 bits per heavy atom. The van der Waals surface area contributed by atoms with E-state index in [1.807, 2.05) is 30.3 Å². The van der Waals surface area contributed by atoms with E-state index in [4.69, 9.17) is 23.2 Å². The molecule has 0 atom stereocenters. The molecule has 0 aliphatic heterocycles. The number of aromatic nitrogens is 2. The van der Waals surface area contributed by atoms with Crippen LogP contribution >= 0.6 is 23.2 Å². The van der Waals surface area contributed by atoms with Crippen LogP contribution in [0.2, 0.25) is 10.2 Å². The fourth-order valence-corrected chi connectivity index (χ4v) is 1.75. The lowest BCUT2D eigenvalue weighted by atomic mass is 10.1. The molecule has 0 amide bonds. The molecular weight excluding hydrogens is 219 g/mol. The molecule has 2 aromatic rings. The summed E-state index contributed by atoms with van der Waals surface area (Å²) in [5, 5.41) is 8.24. The summed E-state index contributed by atoms with van der Waals surface area (Å²) in [5.41, 5.74) is 1.67. The first kappa shape index (κ1) is 9.44. The predicted molar refractivity (Wildman–Crippen MR) is 57.5 cm³/mol. The molecule has 1 aromatic carbocycles. The Morgan fingerprint density at radius 2 is 1.71 bits per heavy atom. The maximum Gasteiger partial charge on any atom is 0.161 e. The minimum absolute atomic E-state index is 0.323. The first-order valence-corrected chi connectivity index (χ1v) is 4.77. The molecule has 1 heterocycles. The molecule has 0 radical (unpaired) electrons. The van der Waals surface area contributed by atoms with Crippen LogP contribution in [-0.4, -0.2) is 10.2 Å². The number of rotatable bonds is 1. The highest BCUT2D eigenvalue weighted by Gasteiger charge is 2.08. The summed E-state index contributed by atoms with van der Waals surface area (Å²) < 4.78 is 0. The lowest BCUT2D eigenvalue weighted by molar-refractivity contribution is 1.03. The van der Waals surface area contributed by atoms with Crippen LogP contribution in [0.4, 0.5) is 0 Å². The van der Waals surface area contributed by atoms with Crippen LogP contribution in [0.25, 0.3) is 11.1 Å². The second kappa shape index (κ2) is 3.95. The Hall–Kier alpha value is -1.12. The summed E-state index contributed by atoms with van der Waals surface area (Å²) in [5.74, 6) is 0. The van der Waals surface area contributed by atoms with Gasteiger partial charge in [0, 0.05) is 5.56 Å². The van der Waals surface area contributed by atoms with Crippen LogP contribution in [0.5, 0.6) is 0 Å². The number of hydrogen-bond acceptors (Lipinski definition) is 2. The van der Waals surface area contributed by atoms with Gasteiger partial charge in [-0.15, -0.1) is 5.10 Å². The number of benzene rings is 1. The summed E-state index contributed by atoms with van der Waals surface area (Å²) in [6.07, 6.45) is 1.48. The van der Waals surface area contributed by atoms with Gasteiger partial charge in [-0.1, -0.05) is 53.5 Å². The van der Waals surface area contributed by atoms with Gasteiger partial charge in [0.15, 0.2) is 5.15 Å². The van der Waals surface area contributed by atoms with Crippen molar-refractivity contribution in [2.75, 3.05) is 0 Å². The summed E-state index contributed by atoms with van der Waals surface area (Å²) in [6.45, 7) is 0. The Bertz CT molecular complexity index is 423. The molecule has 0 fully saturated rings. The highest BCUT2D eigenvalue weighted by molar-refractivity contribution is 6.38. The molecular formula is C10H6Cl2N2. The molecule has 4 heteroatoms. The highest BCUT2D eigenvalue weighted by Crippen LogP contribution is 2.31. The number of halogens is 2. The van der Waals surface area contributed by atoms with E-state index in [-0.39, 0.29) is 0 Å². The highest BCUT2D eigenvalue weighted by atomic mass is 35.5. The molecule has 0 saturated carbocycles. The molecule has 2 rings (SSSR count). The number of nitrogens with zero attached hydrogens (tertiary/aromatic N) is 2. The van der Waals surface area contributed by atoms with Gasteiger partial charge >= 0.3 is 0 Å². The van der Waals surface area contributed by atoms with E-state index in [0.717, 1.165) is 11.1 Å². The van der Waals surface area contributed by atoms with Crippen LogP contribution in [0.1, 0.15) is 0 Å². The standard InChI is InChI=1S/C10H6Cl2N2/c11-8-6-13-14-10(12)9(8)7-4-2-1-3-5-7/h1-6H. The van der Waals surface area contributed by atoms with Gasteiger partial charge in [0.25, 0.3) is 0 Å². The predicted octanol–water partition coefficient (Wildman–Crippen LogP) is 3.45. The molecule has 0 aliphatic carbocycles. The van der Waals surface area contributed by atoms with E-state index >= 15 is 0 Å². The maximum absolute atomic E-state index is 5.98. The Labute approximate surface area is 91.5 Å². The summed E-state index contributed by atoms with van der Waals surface area (Å²) in [4.78, 5) is 0. The van der Waals surface area contributed by atoms with Crippen LogP contribution in [0, 0.1) is 0 Å². The topological polar surface area (TPSA) is 25.8 Å². The van der Waals surface area contributed by atoms with E-state index < -0.39 is 0 Å². The molecule has 0 unspecified atom stereocenters. The molecule has 70 valence electrons. The smallest absolute Gasteiger partial charge is 0.156 e. The Balaban J connectivity index is 2.63. The normalized spacial score (nSPS) is 10.1. The van der Waals surface area contributed by atoms with Crippen molar-refractivity contribution in [2.24, 2.45) is 0 Å². The number of hydrogen-bond donors (Lipinski definition) is 0. The van der Waals surface area contributed by atoms with Gasteiger partial charge in [-0.2, -0.15) is 5.10 Å². The minimum Gasteiger partial charge on any atom is -0.156 e. The van der Waals surface area contributed by atoms with Crippen molar-refractivity contribution in [2.45, 2.75) is 0 Å². The zero-order chi connectivity index (χ0) is 9.97. The van der Waals surface area contributed by atoms with Gasteiger partial charge in [0.2, 0.25) is 0 Å². The SMILES string of the molecule is Clc1cnnc(Cl)c1-c1ccccc1. The second-order valence-corrected chi connectivity index (χ2v) is 3.49. The van der Waals surface area contributed by atoms with Gasteiger partial charge in [-0.25, -0.2) is 0 Å². The molecule has 0 bridgehead atoms. The summed E-state index contributed by atoms with van der Waals surface area (Å²) in [7, 11) is 0. The van der Waals surface area contributed by atoms with Crippen molar-refractivity contribution < 1.29 is 0 Å². The third kappa shape index (κ3) is 1.72. The van der Waals surface area contributed by atoms with Crippen LogP contribution < -0.4 is 0 Å². The van der Waals surface area contributed by atoms with Crippen molar-refractivity contribution in [1.82, 2.24) is 10.2 Å². The molecule has 2 nitrogen and oxygen atoms in total. The zero-order valence-electron chi connectivity index (χ0n) is 7.11. The van der Waals surface area contributed by atoms with E-state index in [1.54, 1.807) is 0 Å². The van der Waals surface area contributed by atoms with Gasteiger partial charge in [0.05, 0.1) is 11.2 Å². The van der Waals surface area contributed by atoms with Crippen LogP contribution in [0.15, 0.2) is 36.5 Å². The monoisotopic (exact) mass is 224 g/mol. The largest absolute Gasteiger partial charge is 0.161 e. The fraction of sp³-hybridized carbons (Fsp3) is 0. The van der Waals surface area contributed by atoms with E-state index in [9.17, 15) is 0 Å². The average Bonchev–Trinajstić information content (AvgIpc) is 2.19. The van der Waals surface area contributed by atoms with E-state index in [1.165, 1.54) is 6.20 Å². The van der Waals surface area contributed by atoms with E-state index in [2.05, 4.69) is 10.2 Å². The molecule has 0 N–H and O–H groups in total. The van der Waals surface area contributed by atoms with Gasteiger partial charge in [-0.3, -0.25) is 0 Å². The quantitative estimate of drug-likeness (QED) is 0.742. The van der Waals surface area contributed by atoms with Crippen molar-refractivity contribution in [3.8, 4) is 11.1 Å². The summed E-state index contributed by atoms with van der Waals surface area (Å²) >= 11 is 11.9. The average molecular weight is 225 g/mol. The lowest BCUT2D eigenvalue weighted by Crippen LogP contribution is -1.87. The van der Waals surface area contributed by atoms with Gasteiger partial charge < -0.3 is 0 Å². The second-order valence-electron chi connectivity index (χ2n) is 2.72. The minimum atomic E-state index is 0.323. The van der Waals surface area contributed by atoms with Crippen molar-refractivity contribution in [3.05, 3.63) is 46.7 Å². The lowest BCUT2D eigenvalue weighted by Gasteiger charge is -2.04. The van der Waals surface area contributed by atoms with Crippen molar-refractivity contribution >= 4 is 23.2 Å². The first-order valence-electron chi connectivity index (χ1n) is 4.01. The molecule has 1 aromatic heterocycles. The van der Waals surface area contributed by atoms with Crippen LogP contribution in [-0.2, 0) is 0 Å². The third-order valence-electron chi connectivity index (χ3n) is 1.82. The van der Waals surface area contributed by atoms with Crippen molar-refractivity contribution in [1.29, 1.82) is 0 Å². The molecule has 14 heavy (non-hydrogen) atoms. The first-order chi connectivity index (χ1) is 6.79. The van der Waals surface area contributed by atoms with Crippen molar-refractivity contribution in [3.63, 3.8) is 0 Å². The van der Waals surface area contributed by atoms with Gasteiger partial charge in [-0.05, 0) is 5.56 Å². The molecule has 0 spiro atoms. The molecule has 0 aliphatic rings. The zero-order valence-corrected chi connectivity index (χ0v) is 8.63. The van der Waals surface area contributed by atoms with Crippen LogP contribution in [0.3, 0.4) is 0 Å². The maximum atomic E-state index is 5.98. The molecule has 0 saturated heterocycles. The van der Waals surface area contributed by atoms with Gasteiger partial charge in [0.1, 0.15) is 0 Å². The Kier molecular flexibility index (Phi) is 2.66. The fourth-order valence-electron chi connectivity index (χ4n) is 1.21. The Morgan fingerprint density at radius 1 is 1.00 bits per heavy atom. The third-order valence-corrected chi connectivity index (χ3v) is 2.38. The summed E-state index contributed by atoms with van der Waals surface area (Å²) in [6, 6.07) is 9.62. The van der Waals surface area contributed by atoms with E-state index in [0.29, 0.717) is 10.2 Å².